The number of aromatic nitrogens is 4. The van der Waals surface area contributed by atoms with Gasteiger partial charge in [0.25, 0.3) is 5.91 Å². The average Bonchev–Trinajstić information content (AvgIpc) is 3.31. The van der Waals surface area contributed by atoms with Crippen LogP contribution in [0.4, 0.5) is 0 Å². The lowest BCUT2D eigenvalue weighted by Gasteiger charge is -2.22. The molecule has 1 N–H and O–H groups in total. The first-order valence-corrected chi connectivity index (χ1v) is 8.49. The number of thiophene rings is 1. The molecule has 0 aromatic carbocycles. The number of aryl methyl sites for hydroxylation is 1. The molecule has 0 radical (unpaired) electrons. The molecule has 1 aliphatic heterocycles. The Labute approximate surface area is 137 Å². The molecule has 1 fully saturated rings. The van der Waals surface area contributed by atoms with Crippen molar-refractivity contribution in [3.05, 3.63) is 47.2 Å². The summed E-state index contributed by atoms with van der Waals surface area (Å²) < 4.78 is 1.78. The first kappa shape index (κ1) is 14.2. The van der Waals surface area contributed by atoms with Crippen molar-refractivity contribution >= 4 is 17.2 Å². The molecule has 4 rings (SSSR count). The van der Waals surface area contributed by atoms with Gasteiger partial charge in [0.1, 0.15) is 0 Å². The van der Waals surface area contributed by atoms with E-state index >= 15 is 0 Å². The normalized spacial score (nSPS) is 17.8. The number of nitrogens with zero attached hydrogens (tertiary/aromatic N) is 4. The standard InChI is InChI=1S/C16H17N5OS/c1-20-10-11(9-17-20)14-4-2-6-21(14)16(22)13-8-12(18-19-13)15-5-3-7-23-15/h3,5,7-10,14H,2,4,6H2,1H3,(H,18,19). The largest absolute Gasteiger partial charge is 0.330 e. The van der Waals surface area contributed by atoms with Gasteiger partial charge in [0.2, 0.25) is 0 Å². The first-order chi connectivity index (χ1) is 11.2. The molecule has 1 saturated heterocycles. The molecule has 1 amide bonds. The second-order valence-corrected chi connectivity index (χ2v) is 6.70. The predicted molar refractivity (Wildman–Crippen MR) is 88.1 cm³/mol. The molecule has 0 aliphatic carbocycles. The van der Waals surface area contributed by atoms with Gasteiger partial charge in [-0.15, -0.1) is 11.3 Å². The average molecular weight is 327 g/mol. The van der Waals surface area contributed by atoms with Crippen LogP contribution >= 0.6 is 11.3 Å². The molecule has 0 saturated carbocycles. The summed E-state index contributed by atoms with van der Waals surface area (Å²) >= 11 is 1.63. The van der Waals surface area contributed by atoms with Gasteiger partial charge in [0, 0.05) is 25.4 Å². The molecular formula is C16H17N5OS. The molecule has 0 bridgehead atoms. The second-order valence-electron chi connectivity index (χ2n) is 5.75. The SMILES string of the molecule is Cn1cc(C2CCCN2C(=O)c2cc(-c3cccs3)[nH]n2)cn1. The Hall–Kier alpha value is -2.41. The molecule has 3 aromatic rings. The highest BCUT2D eigenvalue weighted by atomic mass is 32.1. The topological polar surface area (TPSA) is 66.8 Å². The Morgan fingerprint density at radius 3 is 3.13 bits per heavy atom. The van der Waals surface area contributed by atoms with Crippen molar-refractivity contribution < 1.29 is 4.79 Å². The molecule has 3 aromatic heterocycles. The molecule has 4 heterocycles. The maximum atomic E-state index is 12.8. The Kier molecular flexibility index (Phi) is 3.49. The number of H-pyrrole nitrogens is 1. The third kappa shape index (κ3) is 2.57. The Morgan fingerprint density at radius 1 is 1.48 bits per heavy atom. The lowest BCUT2D eigenvalue weighted by Crippen LogP contribution is -2.30. The highest BCUT2D eigenvalue weighted by molar-refractivity contribution is 7.13. The van der Waals surface area contributed by atoms with Gasteiger partial charge in [-0.25, -0.2) is 0 Å². The number of hydrogen-bond donors (Lipinski definition) is 1. The number of carbonyl (C=O) groups is 1. The highest BCUT2D eigenvalue weighted by Gasteiger charge is 2.32. The van der Waals surface area contributed by atoms with E-state index in [9.17, 15) is 4.79 Å². The van der Waals surface area contributed by atoms with Gasteiger partial charge in [0.15, 0.2) is 5.69 Å². The summed E-state index contributed by atoms with van der Waals surface area (Å²) in [5.41, 5.74) is 2.46. The fourth-order valence-electron chi connectivity index (χ4n) is 3.11. The number of likely N-dealkylation sites (tertiary alicyclic amines) is 1. The summed E-state index contributed by atoms with van der Waals surface area (Å²) in [6, 6.07) is 5.94. The third-order valence-corrected chi connectivity index (χ3v) is 5.11. The van der Waals surface area contributed by atoms with Gasteiger partial charge in [0.05, 0.1) is 22.8 Å². The van der Waals surface area contributed by atoms with Crippen molar-refractivity contribution in [2.24, 2.45) is 7.05 Å². The number of nitrogens with one attached hydrogen (secondary N) is 1. The van der Waals surface area contributed by atoms with Crippen LogP contribution in [-0.2, 0) is 7.05 Å². The van der Waals surface area contributed by atoms with Crippen LogP contribution in [-0.4, -0.2) is 37.3 Å². The van der Waals surface area contributed by atoms with E-state index in [2.05, 4.69) is 15.3 Å². The fourth-order valence-corrected chi connectivity index (χ4v) is 3.80. The minimum absolute atomic E-state index is 0.0181. The van der Waals surface area contributed by atoms with Crippen LogP contribution < -0.4 is 0 Å². The predicted octanol–water partition coefficient (Wildman–Crippen LogP) is 2.85. The number of aromatic amines is 1. The fraction of sp³-hybridized carbons (Fsp3) is 0.312. The van der Waals surface area contributed by atoms with Crippen LogP contribution in [0.1, 0.15) is 34.9 Å². The molecule has 7 heteroatoms. The van der Waals surface area contributed by atoms with Crippen LogP contribution in [0.2, 0.25) is 0 Å². The van der Waals surface area contributed by atoms with Gasteiger partial charge < -0.3 is 4.90 Å². The zero-order chi connectivity index (χ0) is 15.8. The summed E-state index contributed by atoms with van der Waals surface area (Å²) in [5, 5.41) is 13.4. The molecule has 6 nitrogen and oxygen atoms in total. The van der Waals surface area contributed by atoms with Crippen LogP contribution in [0.15, 0.2) is 36.0 Å². The van der Waals surface area contributed by atoms with Crippen LogP contribution in [0.5, 0.6) is 0 Å². The van der Waals surface area contributed by atoms with Crippen molar-refractivity contribution in [3.63, 3.8) is 0 Å². The quantitative estimate of drug-likeness (QED) is 0.804. The molecule has 1 atom stereocenters. The first-order valence-electron chi connectivity index (χ1n) is 7.61. The summed E-state index contributed by atoms with van der Waals surface area (Å²) in [4.78, 5) is 15.8. The number of rotatable bonds is 3. The van der Waals surface area contributed by atoms with E-state index in [1.165, 1.54) is 0 Å². The maximum absolute atomic E-state index is 12.8. The van der Waals surface area contributed by atoms with Gasteiger partial charge in [-0.2, -0.15) is 10.2 Å². The van der Waals surface area contributed by atoms with E-state index in [0.29, 0.717) is 5.69 Å². The van der Waals surface area contributed by atoms with Crippen molar-refractivity contribution in [2.45, 2.75) is 18.9 Å². The Morgan fingerprint density at radius 2 is 2.39 bits per heavy atom. The smallest absolute Gasteiger partial charge is 0.274 e. The summed E-state index contributed by atoms with van der Waals surface area (Å²) in [6.07, 6.45) is 5.81. The highest BCUT2D eigenvalue weighted by Crippen LogP contribution is 2.33. The van der Waals surface area contributed by atoms with E-state index in [0.717, 1.165) is 35.5 Å². The summed E-state index contributed by atoms with van der Waals surface area (Å²) in [6.45, 7) is 0.763. The minimum Gasteiger partial charge on any atom is -0.330 e. The van der Waals surface area contributed by atoms with Crippen molar-refractivity contribution in [3.8, 4) is 10.6 Å². The van der Waals surface area contributed by atoms with Crippen LogP contribution in [0.25, 0.3) is 10.6 Å². The molecule has 0 spiro atoms. The monoisotopic (exact) mass is 327 g/mol. The Bertz CT molecular complexity index is 819. The molecule has 1 unspecified atom stereocenters. The van der Waals surface area contributed by atoms with Crippen LogP contribution in [0, 0.1) is 0 Å². The van der Waals surface area contributed by atoms with E-state index in [4.69, 9.17) is 0 Å². The molecular weight excluding hydrogens is 310 g/mol. The number of hydrogen-bond acceptors (Lipinski definition) is 4. The van der Waals surface area contributed by atoms with Gasteiger partial charge in [-0.1, -0.05) is 6.07 Å². The lowest BCUT2D eigenvalue weighted by molar-refractivity contribution is 0.0729. The minimum atomic E-state index is -0.0181. The second kappa shape index (κ2) is 5.66. The van der Waals surface area contributed by atoms with Gasteiger partial charge in [-0.05, 0) is 30.4 Å². The molecule has 23 heavy (non-hydrogen) atoms. The number of amides is 1. The zero-order valence-corrected chi connectivity index (χ0v) is 13.6. The van der Waals surface area contributed by atoms with Crippen molar-refractivity contribution in [2.75, 3.05) is 6.54 Å². The Balaban J connectivity index is 1.58. The summed E-state index contributed by atoms with van der Waals surface area (Å²) in [5.74, 6) is -0.0181. The lowest BCUT2D eigenvalue weighted by atomic mass is 10.1. The van der Waals surface area contributed by atoms with E-state index in [-0.39, 0.29) is 11.9 Å². The van der Waals surface area contributed by atoms with E-state index in [1.54, 1.807) is 16.0 Å². The molecule has 118 valence electrons. The zero-order valence-electron chi connectivity index (χ0n) is 12.8. The summed E-state index contributed by atoms with van der Waals surface area (Å²) in [7, 11) is 1.89. The third-order valence-electron chi connectivity index (χ3n) is 4.21. The van der Waals surface area contributed by atoms with E-state index in [1.807, 2.05) is 47.9 Å². The van der Waals surface area contributed by atoms with Crippen molar-refractivity contribution in [1.82, 2.24) is 24.9 Å². The van der Waals surface area contributed by atoms with Crippen LogP contribution in [0.3, 0.4) is 0 Å². The molecule has 1 aliphatic rings. The van der Waals surface area contributed by atoms with Gasteiger partial charge >= 0.3 is 0 Å². The van der Waals surface area contributed by atoms with Crippen molar-refractivity contribution in [1.29, 1.82) is 0 Å². The maximum Gasteiger partial charge on any atom is 0.274 e. The number of carbonyl (C=O) groups excluding carboxylic acids is 1. The van der Waals surface area contributed by atoms with Gasteiger partial charge in [-0.3, -0.25) is 14.6 Å². The van der Waals surface area contributed by atoms with E-state index < -0.39 is 0 Å².